The molecule has 1 aromatic carbocycles. The van der Waals surface area contributed by atoms with Crippen LogP contribution >= 0.6 is 0 Å². The van der Waals surface area contributed by atoms with Crippen LogP contribution in [0, 0.1) is 12.8 Å². The van der Waals surface area contributed by atoms with Crippen LogP contribution in [0.3, 0.4) is 0 Å². The Kier molecular flexibility index (Phi) is 4.64. The molecule has 0 saturated carbocycles. The predicted molar refractivity (Wildman–Crippen MR) is 97.5 cm³/mol. The molecule has 1 unspecified atom stereocenters. The smallest absolute Gasteiger partial charge is 0.266 e. The molecule has 1 heterocycles. The lowest BCUT2D eigenvalue weighted by atomic mass is 9.85. The molecule has 25 heavy (non-hydrogen) atoms. The number of carbonyl (C=O) groups is 1. The Morgan fingerprint density at radius 1 is 1.16 bits per heavy atom. The van der Waals surface area contributed by atoms with E-state index < -0.39 is 15.9 Å². The number of nitrogens with zero attached hydrogens (tertiary/aromatic N) is 1. The Bertz CT molecular complexity index is 977. The fraction of sp³-hybridized carbons (Fsp3) is 0.368. The van der Waals surface area contributed by atoms with Gasteiger partial charge in [-0.1, -0.05) is 29.3 Å². The van der Waals surface area contributed by atoms with Crippen LogP contribution in [0.25, 0.3) is 10.9 Å². The first-order chi connectivity index (χ1) is 11.8. The summed E-state index contributed by atoms with van der Waals surface area (Å²) in [7, 11) is -3.98. The zero-order chi connectivity index (χ0) is 18.2. The van der Waals surface area contributed by atoms with Crippen molar-refractivity contribution in [3.63, 3.8) is 0 Å². The second-order valence-electron chi connectivity index (χ2n) is 6.76. The van der Waals surface area contributed by atoms with Crippen molar-refractivity contribution in [1.82, 2.24) is 9.71 Å². The van der Waals surface area contributed by atoms with Gasteiger partial charge < -0.3 is 0 Å². The second kappa shape index (κ2) is 6.59. The van der Waals surface area contributed by atoms with E-state index >= 15 is 0 Å². The maximum absolute atomic E-state index is 12.9. The van der Waals surface area contributed by atoms with Crippen molar-refractivity contribution in [2.45, 2.75) is 44.9 Å². The largest absolute Gasteiger partial charge is 0.274 e. The molecule has 3 rings (SSSR count). The van der Waals surface area contributed by atoms with Crippen molar-refractivity contribution < 1.29 is 13.2 Å². The van der Waals surface area contributed by atoms with E-state index in [0.29, 0.717) is 23.9 Å². The molecule has 2 aromatic rings. The lowest BCUT2D eigenvalue weighted by molar-refractivity contribution is -0.123. The first-order valence-electron chi connectivity index (χ1n) is 8.36. The van der Waals surface area contributed by atoms with Crippen molar-refractivity contribution in [2.24, 2.45) is 5.92 Å². The number of carbonyl (C=O) groups excluding carboxylic acids is 1. The number of rotatable bonds is 3. The van der Waals surface area contributed by atoms with Crippen LogP contribution in [0.2, 0.25) is 0 Å². The first kappa shape index (κ1) is 17.6. The molecular formula is C19H22N2O3S. The number of sulfonamides is 1. The van der Waals surface area contributed by atoms with Gasteiger partial charge in [0.25, 0.3) is 10.0 Å². The van der Waals surface area contributed by atoms with Crippen molar-refractivity contribution in [2.75, 3.05) is 0 Å². The zero-order valence-corrected chi connectivity index (χ0v) is 15.5. The van der Waals surface area contributed by atoms with Crippen LogP contribution in [0.5, 0.6) is 0 Å². The van der Waals surface area contributed by atoms with Crippen molar-refractivity contribution in [1.29, 1.82) is 0 Å². The number of aromatic nitrogens is 1. The van der Waals surface area contributed by atoms with E-state index in [0.717, 1.165) is 11.8 Å². The van der Waals surface area contributed by atoms with Crippen molar-refractivity contribution in [3.8, 4) is 0 Å². The summed E-state index contributed by atoms with van der Waals surface area (Å²) in [5.74, 6) is -0.735. The van der Waals surface area contributed by atoms with Gasteiger partial charge in [-0.15, -0.1) is 0 Å². The summed E-state index contributed by atoms with van der Waals surface area (Å²) in [6.45, 7) is 5.78. The molecular weight excluding hydrogens is 336 g/mol. The van der Waals surface area contributed by atoms with Crippen LogP contribution in [-0.2, 0) is 14.8 Å². The van der Waals surface area contributed by atoms with E-state index in [1.54, 1.807) is 31.3 Å². The van der Waals surface area contributed by atoms with Crippen LogP contribution in [0.1, 0.15) is 38.7 Å². The van der Waals surface area contributed by atoms with Gasteiger partial charge in [-0.25, -0.2) is 13.1 Å². The lowest BCUT2D eigenvalue weighted by Gasteiger charge is -2.23. The highest BCUT2D eigenvalue weighted by Crippen LogP contribution is 2.30. The topological polar surface area (TPSA) is 76.1 Å². The molecule has 1 atom stereocenters. The number of hydrogen-bond acceptors (Lipinski definition) is 4. The lowest BCUT2D eigenvalue weighted by Crippen LogP contribution is -2.37. The van der Waals surface area contributed by atoms with Gasteiger partial charge in [-0.05, 0) is 51.7 Å². The molecule has 0 aliphatic heterocycles. The minimum atomic E-state index is -3.98. The molecule has 5 nitrogen and oxygen atoms in total. The number of nitrogens with one attached hydrogen (secondary N) is 1. The van der Waals surface area contributed by atoms with Gasteiger partial charge in [-0.3, -0.25) is 9.78 Å². The molecule has 1 aromatic heterocycles. The standard InChI is InChI=1S/C19H22N2O3S/c1-12-6-9-16(11-14(12)3)19(22)21-25(23,24)18-13(2)7-8-15-5-4-10-20-17(15)18/h4-5,7-8,10,16H,6,9,11H2,1-3H3,(H,21,22). The summed E-state index contributed by atoms with van der Waals surface area (Å²) >= 11 is 0. The SMILES string of the molecule is CC1=C(C)CC(C(=O)NS(=O)(=O)c2c(C)ccc3cccnc23)CC1. The summed E-state index contributed by atoms with van der Waals surface area (Å²) in [5.41, 5.74) is 3.42. The number of hydrogen-bond donors (Lipinski definition) is 1. The normalized spacial score (nSPS) is 18.4. The number of amides is 1. The quantitative estimate of drug-likeness (QED) is 0.852. The van der Waals surface area contributed by atoms with Gasteiger partial charge >= 0.3 is 0 Å². The van der Waals surface area contributed by atoms with E-state index in [1.165, 1.54) is 11.1 Å². The van der Waals surface area contributed by atoms with Gasteiger partial charge in [0.1, 0.15) is 4.90 Å². The fourth-order valence-electron chi connectivity index (χ4n) is 3.30. The summed E-state index contributed by atoms with van der Waals surface area (Å²) in [6.07, 6.45) is 3.68. The fourth-order valence-corrected chi connectivity index (χ4v) is 4.75. The van der Waals surface area contributed by atoms with Gasteiger partial charge in [-0.2, -0.15) is 0 Å². The Labute approximate surface area is 148 Å². The summed E-state index contributed by atoms with van der Waals surface area (Å²) in [6, 6.07) is 7.13. The van der Waals surface area contributed by atoms with Crippen LogP contribution in [0.15, 0.2) is 46.5 Å². The molecule has 132 valence electrons. The van der Waals surface area contributed by atoms with Crippen LogP contribution in [0.4, 0.5) is 0 Å². The Morgan fingerprint density at radius 3 is 2.64 bits per heavy atom. The third-order valence-corrected chi connectivity index (χ3v) is 6.47. The van der Waals surface area contributed by atoms with Crippen molar-refractivity contribution >= 4 is 26.8 Å². The van der Waals surface area contributed by atoms with Gasteiger partial charge in [0.05, 0.1) is 5.52 Å². The third kappa shape index (κ3) is 3.44. The summed E-state index contributed by atoms with van der Waals surface area (Å²) in [5, 5.41) is 0.730. The molecule has 0 bridgehead atoms. The predicted octanol–water partition coefficient (Wildman–Crippen LogP) is 3.48. The highest BCUT2D eigenvalue weighted by atomic mass is 32.2. The Hall–Kier alpha value is -2.21. The highest BCUT2D eigenvalue weighted by molar-refractivity contribution is 7.90. The average Bonchev–Trinajstić information content (AvgIpc) is 2.56. The summed E-state index contributed by atoms with van der Waals surface area (Å²) in [4.78, 5) is 16.8. The highest BCUT2D eigenvalue weighted by Gasteiger charge is 2.29. The second-order valence-corrected chi connectivity index (χ2v) is 8.38. The number of benzene rings is 1. The molecule has 1 aliphatic rings. The minimum absolute atomic E-state index is 0.0817. The van der Waals surface area contributed by atoms with Gasteiger partial charge in [0.15, 0.2) is 0 Å². The van der Waals surface area contributed by atoms with E-state index in [-0.39, 0.29) is 10.8 Å². The molecule has 6 heteroatoms. The van der Waals surface area contributed by atoms with Gasteiger partial charge in [0, 0.05) is 17.5 Å². The maximum atomic E-state index is 12.9. The zero-order valence-electron chi connectivity index (χ0n) is 14.7. The minimum Gasteiger partial charge on any atom is -0.274 e. The van der Waals surface area contributed by atoms with Crippen LogP contribution in [-0.4, -0.2) is 19.3 Å². The van der Waals surface area contributed by atoms with E-state index in [2.05, 4.69) is 16.6 Å². The Morgan fingerprint density at radius 2 is 1.92 bits per heavy atom. The molecule has 0 fully saturated rings. The van der Waals surface area contributed by atoms with Crippen molar-refractivity contribution in [3.05, 3.63) is 47.2 Å². The number of pyridine rings is 1. The number of allylic oxidation sites excluding steroid dienone is 2. The molecule has 1 aliphatic carbocycles. The number of fused-ring (bicyclic) bond motifs is 1. The maximum Gasteiger partial charge on any atom is 0.266 e. The monoisotopic (exact) mass is 358 g/mol. The molecule has 0 saturated heterocycles. The van der Waals surface area contributed by atoms with E-state index in [1.807, 2.05) is 13.0 Å². The molecule has 0 spiro atoms. The summed E-state index contributed by atoms with van der Waals surface area (Å²) < 4.78 is 28.0. The van der Waals surface area contributed by atoms with Crippen LogP contribution < -0.4 is 4.72 Å². The Balaban J connectivity index is 1.93. The van der Waals surface area contributed by atoms with Gasteiger partial charge in [0.2, 0.25) is 5.91 Å². The third-order valence-electron chi connectivity index (χ3n) is 4.95. The molecule has 1 N–H and O–H groups in total. The van der Waals surface area contributed by atoms with E-state index in [4.69, 9.17) is 0 Å². The van der Waals surface area contributed by atoms with E-state index in [9.17, 15) is 13.2 Å². The molecule has 1 amide bonds. The first-order valence-corrected chi connectivity index (χ1v) is 9.84. The molecule has 0 radical (unpaired) electrons. The number of aryl methyl sites for hydroxylation is 1. The average molecular weight is 358 g/mol.